The van der Waals surface area contributed by atoms with Crippen molar-refractivity contribution in [3.05, 3.63) is 35.4 Å². The molecule has 0 heterocycles. The largest absolute Gasteiger partial charge is 0.333 e. The Morgan fingerprint density at radius 3 is 2.32 bits per heavy atom. The standard InChI is InChI=1S/C16H24N2O/c1-12(2)18(15-5-3-4-6-15)16(19)14-9-7-13(11-17)8-10-14/h7-10,12,15H,3-6,11,17H2,1-2H3. The molecule has 1 aromatic rings. The monoisotopic (exact) mass is 260 g/mol. The zero-order chi connectivity index (χ0) is 13.8. The molecular weight excluding hydrogens is 236 g/mol. The highest BCUT2D eigenvalue weighted by Gasteiger charge is 2.29. The molecule has 0 aliphatic heterocycles. The van der Waals surface area contributed by atoms with Crippen molar-refractivity contribution in [2.24, 2.45) is 5.73 Å². The lowest BCUT2D eigenvalue weighted by molar-refractivity contribution is 0.0613. The number of rotatable bonds is 4. The molecule has 104 valence electrons. The maximum Gasteiger partial charge on any atom is 0.254 e. The van der Waals surface area contributed by atoms with Gasteiger partial charge in [0.15, 0.2) is 0 Å². The van der Waals surface area contributed by atoms with E-state index in [0.717, 1.165) is 24.0 Å². The van der Waals surface area contributed by atoms with Crippen molar-refractivity contribution in [2.45, 2.75) is 58.2 Å². The van der Waals surface area contributed by atoms with Crippen molar-refractivity contribution in [1.82, 2.24) is 4.90 Å². The van der Waals surface area contributed by atoms with E-state index in [2.05, 4.69) is 18.7 Å². The first-order valence-electron chi connectivity index (χ1n) is 7.25. The van der Waals surface area contributed by atoms with Crippen molar-refractivity contribution in [3.63, 3.8) is 0 Å². The molecule has 1 aromatic carbocycles. The van der Waals surface area contributed by atoms with Crippen molar-refractivity contribution in [1.29, 1.82) is 0 Å². The summed E-state index contributed by atoms with van der Waals surface area (Å²) in [5.41, 5.74) is 7.43. The minimum atomic E-state index is 0.158. The van der Waals surface area contributed by atoms with Gasteiger partial charge in [-0.3, -0.25) is 4.79 Å². The Bertz CT molecular complexity index is 419. The molecule has 3 nitrogen and oxygen atoms in total. The summed E-state index contributed by atoms with van der Waals surface area (Å²) in [5.74, 6) is 0.158. The molecule has 1 aliphatic rings. The molecule has 0 unspecified atom stereocenters. The van der Waals surface area contributed by atoms with Gasteiger partial charge in [0, 0.05) is 24.2 Å². The first kappa shape index (κ1) is 14.1. The van der Waals surface area contributed by atoms with Crippen LogP contribution in [0.4, 0.5) is 0 Å². The van der Waals surface area contributed by atoms with Gasteiger partial charge in [0.1, 0.15) is 0 Å². The summed E-state index contributed by atoms with van der Waals surface area (Å²) in [7, 11) is 0. The quantitative estimate of drug-likeness (QED) is 0.904. The summed E-state index contributed by atoms with van der Waals surface area (Å²) in [6.45, 7) is 4.72. The minimum Gasteiger partial charge on any atom is -0.333 e. The SMILES string of the molecule is CC(C)N(C(=O)c1ccc(CN)cc1)C1CCCC1. The third kappa shape index (κ3) is 3.16. The lowest BCUT2D eigenvalue weighted by atomic mass is 10.1. The van der Waals surface area contributed by atoms with E-state index < -0.39 is 0 Å². The zero-order valence-corrected chi connectivity index (χ0v) is 11.9. The van der Waals surface area contributed by atoms with Crippen LogP contribution in [0.2, 0.25) is 0 Å². The van der Waals surface area contributed by atoms with Gasteiger partial charge in [-0.25, -0.2) is 0 Å². The van der Waals surface area contributed by atoms with E-state index in [-0.39, 0.29) is 11.9 Å². The second kappa shape index (κ2) is 6.20. The van der Waals surface area contributed by atoms with Crippen LogP contribution in [0.15, 0.2) is 24.3 Å². The molecule has 0 bridgehead atoms. The topological polar surface area (TPSA) is 46.3 Å². The van der Waals surface area contributed by atoms with E-state index in [1.807, 2.05) is 24.3 Å². The summed E-state index contributed by atoms with van der Waals surface area (Å²) < 4.78 is 0. The summed E-state index contributed by atoms with van der Waals surface area (Å²) in [5, 5.41) is 0. The smallest absolute Gasteiger partial charge is 0.254 e. The van der Waals surface area contributed by atoms with Gasteiger partial charge in [-0.2, -0.15) is 0 Å². The van der Waals surface area contributed by atoms with Crippen LogP contribution in [0, 0.1) is 0 Å². The van der Waals surface area contributed by atoms with E-state index in [9.17, 15) is 4.79 Å². The Morgan fingerprint density at radius 1 is 1.26 bits per heavy atom. The fourth-order valence-electron chi connectivity index (χ4n) is 2.94. The zero-order valence-electron chi connectivity index (χ0n) is 11.9. The fraction of sp³-hybridized carbons (Fsp3) is 0.562. The minimum absolute atomic E-state index is 0.158. The Hall–Kier alpha value is -1.35. The van der Waals surface area contributed by atoms with Gasteiger partial charge in [0.05, 0.1) is 0 Å². The van der Waals surface area contributed by atoms with Crippen LogP contribution in [-0.4, -0.2) is 22.9 Å². The molecule has 19 heavy (non-hydrogen) atoms. The molecule has 0 atom stereocenters. The lowest BCUT2D eigenvalue weighted by Crippen LogP contribution is -2.43. The molecule has 1 amide bonds. The molecule has 0 radical (unpaired) electrons. The molecule has 2 rings (SSSR count). The summed E-state index contributed by atoms with van der Waals surface area (Å²) in [4.78, 5) is 14.7. The maximum absolute atomic E-state index is 12.7. The van der Waals surface area contributed by atoms with Crippen LogP contribution < -0.4 is 5.73 Å². The number of hydrogen-bond acceptors (Lipinski definition) is 2. The van der Waals surface area contributed by atoms with E-state index in [1.54, 1.807) is 0 Å². The van der Waals surface area contributed by atoms with Gasteiger partial charge in [0.25, 0.3) is 5.91 Å². The van der Waals surface area contributed by atoms with Gasteiger partial charge in [-0.15, -0.1) is 0 Å². The van der Waals surface area contributed by atoms with Crippen LogP contribution >= 0.6 is 0 Å². The lowest BCUT2D eigenvalue weighted by Gasteiger charge is -2.33. The van der Waals surface area contributed by atoms with E-state index in [1.165, 1.54) is 12.8 Å². The summed E-state index contributed by atoms with van der Waals surface area (Å²) in [6.07, 6.45) is 4.77. The molecule has 2 N–H and O–H groups in total. The predicted octanol–water partition coefficient (Wildman–Crippen LogP) is 2.94. The average Bonchev–Trinajstić information content (AvgIpc) is 2.92. The van der Waals surface area contributed by atoms with Crippen LogP contribution in [-0.2, 0) is 6.54 Å². The third-order valence-electron chi connectivity index (χ3n) is 3.95. The van der Waals surface area contributed by atoms with E-state index in [4.69, 9.17) is 5.73 Å². The molecular formula is C16H24N2O. The van der Waals surface area contributed by atoms with Gasteiger partial charge in [-0.05, 0) is 44.4 Å². The van der Waals surface area contributed by atoms with Gasteiger partial charge < -0.3 is 10.6 Å². The van der Waals surface area contributed by atoms with Crippen molar-refractivity contribution in [2.75, 3.05) is 0 Å². The molecule has 1 saturated carbocycles. The Balaban J connectivity index is 2.18. The number of nitrogens with two attached hydrogens (primary N) is 1. The molecule has 1 fully saturated rings. The Kier molecular flexibility index (Phi) is 4.59. The second-order valence-electron chi connectivity index (χ2n) is 5.65. The molecule has 0 saturated heterocycles. The highest BCUT2D eigenvalue weighted by molar-refractivity contribution is 5.94. The van der Waals surface area contributed by atoms with Gasteiger partial charge >= 0.3 is 0 Å². The maximum atomic E-state index is 12.7. The van der Waals surface area contributed by atoms with Crippen LogP contribution in [0.5, 0.6) is 0 Å². The first-order valence-corrected chi connectivity index (χ1v) is 7.25. The van der Waals surface area contributed by atoms with Crippen molar-refractivity contribution in [3.8, 4) is 0 Å². The highest BCUT2D eigenvalue weighted by Crippen LogP contribution is 2.26. The molecule has 1 aliphatic carbocycles. The van der Waals surface area contributed by atoms with E-state index in [0.29, 0.717) is 12.6 Å². The van der Waals surface area contributed by atoms with Crippen LogP contribution in [0.25, 0.3) is 0 Å². The average molecular weight is 260 g/mol. The number of nitrogens with zero attached hydrogens (tertiary/aromatic N) is 1. The predicted molar refractivity (Wildman–Crippen MR) is 77.9 cm³/mol. The number of carbonyl (C=O) groups is 1. The van der Waals surface area contributed by atoms with Crippen molar-refractivity contribution >= 4 is 5.91 Å². The number of carbonyl (C=O) groups excluding carboxylic acids is 1. The Morgan fingerprint density at radius 2 is 1.84 bits per heavy atom. The summed E-state index contributed by atoms with van der Waals surface area (Å²) in [6, 6.07) is 8.36. The van der Waals surface area contributed by atoms with Gasteiger partial charge in [0.2, 0.25) is 0 Å². The number of benzene rings is 1. The molecule has 0 aromatic heterocycles. The number of amides is 1. The second-order valence-corrected chi connectivity index (χ2v) is 5.65. The first-order chi connectivity index (χ1) is 9.13. The number of hydrogen-bond donors (Lipinski definition) is 1. The molecule has 3 heteroatoms. The molecule has 0 spiro atoms. The van der Waals surface area contributed by atoms with E-state index >= 15 is 0 Å². The normalized spacial score (nSPS) is 16.0. The van der Waals surface area contributed by atoms with Crippen molar-refractivity contribution < 1.29 is 4.79 Å². The fourth-order valence-corrected chi connectivity index (χ4v) is 2.94. The van der Waals surface area contributed by atoms with Crippen LogP contribution in [0.3, 0.4) is 0 Å². The van der Waals surface area contributed by atoms with Gasteiger partial charge in [-0.1, -0.05) is 25.0 Å². The van der Waals surface area contributed by atoms with Crippen LogP contribution in [0.1, 0.15) is 55.5 Å². The third-order valence-corrected chi connectivity index (χ3v) is 3.95. The Labute approximate surface area is 115 Å². The highest BCUT2D eigenvalue weighted by atomic mass is 16.2. The summed E-state index contributed by atoms with van der Waals surface area (Å²) >= 11 is 0.